The van der Waals surface area contributed by atoms with E-state index in [0.717, 1.165) is 32.1 Å². The van der Waals surface area contributed by atoms with Gasteiger partial charge in [0.2, 0.25) is 5.91 Å². The SMILES string of the molecule is Cc1c(CC(=O)NC2CCCCCC2CO)cccc1[N+](=O)[O-]. The van der Waals surface area contributed by atoms with Crippen LogP contribution in [-0.2, 0) is 11.2 Å². The zero-order valence-electron chi connectivity index (χ0n) is 13.5. The highest BCUT2D eigenvalue weighted by Crippen LogP contribution is 2.24. The molecule has 1 aromatic carbocycles. The van der Waals surface area contributed by atoms with Gasteiger partial charge in [-0.3, -0.25) is 14.9 Å². The number of nitro groups is 1. The molecule has 1 fully saturated rings. The van der Waals surface area contributed by atoms with Crippen LogP contribution >= 0.6 is 0 Å². The van der Waals surface area contributed by atoms with Crippen molar-refractivity contribution in [1.82, 2.24) is 5.32 Å². The van der Waals surface area contributed by atoms with Gasteiger partial charge in [0.25, 0.3) is 5.69 Å². The van der Waals surface area contributed by atoms with Gasteiger partial charge in [-0.2, -0.15) is 0 Å². The first-order valence-electron chi connectivity index (χ1n) is 8.16. The predicted octanol–water partition coefficient (Wildman–Crippen LogP) is 2.50. The number of nitrogens with zero attached hydrogens (tertiary/aromatic N) is 1. The fourth-order valence-corrected chi connectivity index (χ4v) is 3.28. The first kappa shape index (κ1) is 17.4. The molecule has 6 nitrogen and oxygen atoms in total. The molecular formula is C17H24N2O4. The molecule has 2 atom stereocenters. The summed E-state index contributed by atoms with van der Waals surface area (Å²) in [5.41, 5.74) is 1.25. The van der Waals surface area contributed by atoms with Crippen LogP contribution in [0.3, 0.4) is 0 Å². The molecular weight excluding hydrogens is 296 g/mol. The van der Waals surface area contributed by atoms with Crippen molar-refractivity contribution in [3.05, 3.63) is 39.4 Å². The smallest absolute Gasteiger partial charge is 0.272 e. The molecule has 1 aromatic rings. The summed E-state index contributed by atoms with van der Waals surface area (Å²) in [5, 5.41) is 23.5. The number of hydrogen-bond acceptors (Lipinski definition) is 4. The number of carbonyl (C=O) groups is 1. The Labute approximate surface area is 136 Å². The highest BCUT2D eigenvalue weighted by molar-refractivity contribution is 5.79. The molecule has 1 aliphatic carbocycles. The number of hydrogen-bond donors (Lipinski definition) is 2. The van der Waals surface area contributed by atoms with E-state index in [2.05, 4.69) is 5.32 Å². The van der Waals surface area contributed by atoms with Crippen LogP contribution in [0.25, 0.3) is 0 Å². The molecule has 0 bridgehead atoms. The van der Waals surface area contributed by atoms with Gasteiger partial charge in [0.1, 0.15) is 0 Å². The molecule has 6 heteroatoms. The Hall–Kier alpha value is -1.95. The van der Waals surface area contributed by atoms with Gasteiger partial charge in [-0.05, 0) is 25.3 Å². The van der Waals surface area contributed by atoms with Crippen molar-refractivity contribution in [2.24, 2.45) is 5.92 Å². The Kier molecular flexibility index (Phi) is 6.10. The fourth-order valence-electron chi connectivity index (χ4n) is 3.28. The maximum Gasteiger partial charge on any atom is 0.272 e. The molecule has 2 rings (SSSR count). The Bertz CT molecular complexity index is 574. The normalized spacial score (nSPS) is 21.5. The minimum absolute atomic E-state index is 0.00555. The summed E-state index contributed by atoms with van der Waals surface area (Å²) in [7, 11) is 0. The van der Waals surface area contributed by atoms with Crippen molar-refractivity contribution in [3.63, 3.8) is 0 Å². The number of carbonyl (C=O) groups excluding carboxylic acids is 1. The van der Waals surface area contributed by atoms with E-state index in [1.807, 2.05) is 0 Å². The first-order chi connectivity index (χ1) is 11.0. The second-order valence-corrected chi connectivity index (χ2v) is 6.25. The van der Waals surface area contributed by atoms with E-state index in [9.17, 15) is 20.0 Å². The number of benzene rings is 1. The number of aliphatic hydroxyl groups is 1. The highest BCUT2D eigenvalue weighted by atomic mass is 16.6. The summed E-state index contributed by atoms with van der Waals surface area (Å²) in [4.78, 5) is 22.9. The van der Waals surface area contributed by atoms with Crippen molar-refractivity contribution in [1.29, 1.82) is 0 Å². The van der Waals surface area contributed by atoms with E-state index < -0.39 is 4.92 Å². The molecule has 0 radical (unpaired) electrons. The number of aliphatic hydroxyl groups excluding tert-OH is 1. The summed E-state index contributed by atoms with van der Waals surface area (Å²) in [5.74, 6) is -0.0356. The summed E-state index contributed by atoms with van der Waals surface area (Å²) in [6.07, 6.45) is 5.20. The average molecular weight is 320 g/mol. The molecule has 23 heavy (non-hydrogen) atoms. The Balaban J connectivity index is 2.04. The van der Waals surface area contributed by atoms with E-state index >= 15 is 0 Å². The van der Waals surface area contributed by atoms with Crippen LogP contribution in [0.15, 0.2) is 18.2 Å². The van der Waals surface area contributed by atoms with Gasteiger partial charge in [0, 0.05) is 30.2 Å². The summed E-state index contributed by atoms with van der Waals surface area (Å²) < 4.78 is 0. The molecule has 0 heterocycles. The highest BCUT2D eigenvalue weighted by Gasteiger charge is 2.25. The number of rotatable bonds is 5. The van der Waals surface area contributed by atoms with E-state index in [4.69, 9.17) is 0 Å². The van der Waals surface area contributed by atoms with Crippen LogP contribution in [0.4, 0.5) is 5.69 Å². The van der Waals surface area contributed by atoms with Crippen LogP contribution in [-0.4, -0.2) is 28.6 Å². The molecule has 126 valence electrons. The summed E-state index contributed by atoms with van der Waals surface area (Å²) in [6.45, 7) is 1.75. The third-order valence-corrected chi connectivity index (χ3v) is 4.71. The maximum absolute atomic E-state index is 12.3. The van der Waals surface area contributed by atoms with Crippen LogP contribution in [0.1, 0.15) is 43.2 Å². The number of nitrogens with one attached hydrogen (secondary N) is 1. The molecule has 0 aliphatic heterocycles. The van der Waals surface area contributed by atoms with E-state index in [1.54, 1.807) is 19.1 Å². The van der Waals surface area contributed by atoms with Crippen LogP contribution in [0.2, 0.25) is 0 Å². The van der Waals surface area contributed by atoms with Gasteiger partial charge in [0.05, 0.1) is 11.3 Å². The molecule has 0 spiro atoms. The topological polar surface area (TPSA) is 92.5 Å². The zero-order valence-corrected chi connectivity index (χ0v) is 13.5. The summed E-state index contributed by atoms with van der Waals surface area (Å²) >= 11 is 0. The summed E-state index contributed by atoms with van der Waals surface area (Å²) in [6, 6.07) is 4.80. The van der Waals surface area contributed by atoms with Gasteiger partial charge in [-0.15, -0.1) is 0 Å². The molecule has 1 amide bonds. The largest absolute Gasteiger partial charge is 0.396 e. The standard InChI is InChI=1S/C17H24N2O4/c1-12-13(7-5-9-16(12)19(22)23)10-17(21)18-15-8-4-2-3-6-14(15)11-20/h5,7,9,14-15,20H,2-4,6,8,10-11H2,1H3,(H,18,21). The van der Waals surface area contributed by atoms with Gasteiger partial charge >= 0.3 is 0 Å². The van der Waals surface area contributed by atoms with Crippen molar-refractivity contribution < 1.29 is 14.8 Å². The average Bonchev–Trinajstić information content (AvgIpc) is 2.74. The van der Waals surface area contributed by atoms with Crippen LogP contribution < -0.4 is 5.32 Å². The first-order valence-corrected chi connectivity index (χ1v) is 8.16. The zero-order chi connectivity index (χ0) is 16.8. The lowest BCUT2D eigenvalue weighted by atomic mass is 9.95. The lowest BCUT2D eigenvalue weighted by molar-refractivity contribution is -0.385. The minimum atomic E-state index is -0.427. The second-order valence-electron chi connectivity index (χ2n) is 6.25. The molecule has 2 N–H and O–H groups in total. The van der Waals surface area contributed by atoms with E-state index in [-0.39, 0.29) is 36.6 Å². The molecule has 2 unspecified atom stereocenters. The fraction of sp³-hybridized carbons (Fsp3) is 0.588. The van der Waals surface area contributed by atoms with Crippen molar-refractivity contribution >= 4 is 11.6 Å². The Morgan fingerprint density at radius 2 is 2.09 bits per heavy atom. The van der Waals surface area contributed by atoms with Gasteiger partial charge < -0.3 is 10.4 Å². The molecule has 0 saturated heterocycles. The molecule has 0 aromatic heterocycles. The molecule has 1 aliphatic rings. The third-order valence-electron chi connectivity index (χ3n) is 4.71. The van der Waals surface area contributed by atoms with Crippen LogP contribution in [0.5, 0.6) is 0 Å². The van der Waals surface area contributed by atoms with Gasteiger partial charge in [-0.1, -0.05) is 31.4 Å². The minimum Gasteiger partial charge on any atom is -0.396 e. The number of amides is 1. The molecule has 1 saturated carbocycles. The third kappa shape index (κ3) is 4.51. The van der Waals surface area contributed by atoms with Crippen molar-refractivity contribution in [3.8, 4) is 0 Å². The Morgan fingerprint density at radius 1 is 1.35 bits per heavy atom. The van der Waals surface area contributed by atoms with Crippen LogP contribution in [0, 0.1) is 23.0 Å². The van der Waals surface area contributed by atoms with E-state index in [1.165, 1.54) is 6.07 Å². The van der Waals surface area contributed by atoms with E-state index in [0.29, 0.717) is 11.1 Å². The monoisotopic (exact) mass is 320 g/mol. The second kappa shape index (κ2) is 8.06. The van der Waals surface area contributed by atoms with Gasteiger partial charge in [-0.25, -0.2) is 0 Å². The van der Waals surface area contributed by atoms with Gasteiger partial charge in [0.15, 0.2) is 0 Å². The van der Waals surface area contributed by atoms with Crippen molar-refractivity contribution in [2.75, 3.05) is 6.61 Å². The maximum atomic E-state index is 12.3. The van der Waals surface area contributed by atoms with Crippen molar-refractivity contribution in [2.45, 2.75) is 51.5 Å². The Morgan fingerprint density at radius 3 is 2.78 bits per heavy atom. The number of nitro benzene ring substituents is 1. The lowest BCUT2D eigenvalue weighted by Crippen LogP contribution is -2.41. The predicted molar refractivity (Wildman–Crippen MR) is 87.1 cm³/mol. The quantitative estimate of drug-likeness (QED) is 0.495. The lowest BCUT2D eigenvalue weighted by Gasteiger charge is -2.24.